The number of anilines is 1. The van der Waals surface area contributed by atoms with Crippen molar-refractivity contribution < 1.29 is 31.4 Å². The van der Waals surface area contributed by atoms with E-state index in [2.05, 4.69) is 4.74 Å². The number of nitrogens with two attached hydrogens (primary N) is 1. The molecule has 2 aromatic carbocycles. The molecule has 28 heavy (non-hydrogen) atoms. The molecule has 0 spiro atoms. The number of nitrogens with zero attached hydrogens (tertiary/aromatic N) is 1. The molecule has 10 heteroatoms. The first-order valence-corrected chi connectivity index (χ1v) is 9.43. The van der Waals surface area contributed by atoms with Gasteiger partial charge in [-0.25, -0.2) is 13.6 Å². The molecule has 1 atom stereocenters. The minimum atomic E-state index is -4.79. The maximum Gasteiger partial charge on any atom is 0.573 e. The molecule has 0 bridgehead atoms. The lowest BCUT2D eigenvalue weighted by Crippen LogP contribution is -2.30. The number of rotatable bonds is 4. The van der Waals surface area contributed by atoms with Gasteiger partial charge in [0.2, 0.25) is 10.0 Å². The Morgan fingerprint density at radius 3 is 2.18 bits per heavy atom. The Morgan fingerprint density at radius 1 is 1.04 bits per heavy atom. The van der Waals surface area contributed by atoms with Crippen molar-refractivity contribution in [3.8, 4) is 5.75 Å². The maximum absolute atomic E-state index is 12.3. The largest absolute Gasteiger partial charge is 0.573 e. The van der Waals surface area contributed by atoms with Gasteiger partial charge in [0.15, 0.2) is 0 Å². The number of ether oxygens (including phenoxy) is 1. The SMILES string of the molecule is NS(=O)(=O)c1ccc(C2=CN(c3ccc(OC(F)(F)F)cc3)C(O)C=C2)cc1. The van der Waals surface area contributed by atoms with E-state index in [4.69, 9.17) is 5.14 Å². The predicted molar refractivity (Wildman–Crippen MR) is 96.5 cm³/mol. The number of sulfonamides is 1. The van der Waals surface area contributed by atoms with E-state index in [1.54, 1.807) is 24.4 Å². The number of aliphatic hydroxyl groups excluding tert-OH is 1. The first-order chi connectivity index (χ1) is 13.0. The predicted octanol–water partition coefficient (Wildman–Crippen LogP) is 2.97. The van der Waals surface area contributed by atoms with E-state index in [1.165, 1.54) is 35.2 Å². The Hall–Kier alpha value is -2.82. The van der Waals surface area contributed by atoms with Crippen LogP contribution in [0.3, 0.4) is 0 Å². The highest BCUT2D eigenvalue weighted by atomic mass is 32.2. The van der Waals surface area contributed by atoms with Crippen LogP contribution < -0.4 is 14.8 Å². The fourth-order valence-electron chi connectivity index (χ4n) is 2.61. The van der Waals surface area contributed by atoms with Crippen LogP contribution >= 0.6 is 0 Å². The molecule has 0 saturated carbocycles. The van der Waals surface area contributed by atoms with Gasteiger partial charge in [-0.3, -0.25) is 0 Å². The van der Waals surface area contributed by atoms with Crippen LogP contribution in [0.1, 0.15) is 5.56 Å². The summed E-state index contributed by atoms with van der Waals surface area (Å²) in [5.74, 6) is -0.374. The molecule has 1 unspecified atom stereocenters. The van der Waals surface area contributed by atoms with Crippen LogP contribution in [0.5, 0.6) is 5.75 Å². The summed E-state index contributed by atoms with van der Waals surface area (Å²) in [6.45, 7) is 0. The van der Waals surface area contributed by atoms with Crippen LogP contribution in [0.25, 0.3) is 5.57 Å². The van der Waals surface area contributed by atoms with Crippen molar-refractivity contribution in [3.05, 3.63) is 72.4 Å². The highest BCUT2D eigenvalue weighted by molar-refractivity contribution is 7.89. The van der Waals surface area contributed by atoms with Crippen LogP contribution in [0.15, 0.2) is 71.8 Å². The summed E-state index contributed by atoms with van der Waals surface area (Å²) in [6, 6.07) is 10.9. The van der Waals surface area contributed by atoms with Gasteiger partial charge in [0, 0.05) is 11.9 Å². The van der Waals surface area contributed by atoms with Gasteiger partial charge in [-0.1, -0.05) is 18.2 Å². The molecule has 6 nitrogen and oxygen atoms in total. The Bertz CT molecular complexity index is 1010. The second kappa shape index (κ2) is 7.30. The Balaban J connectivity index is 1.86. The number of benzene rings is 2. The summed E-state index contributed by atoms with van der Waals surface area (Å²) in [7, 11) is -3.81. The summed E-state index contributed by atoms with van der Waals surface area (Å²) in [5, 5.41) is 15.3. The number of halogens is 3. The molecule has 0 fully saturated rings. The zero-order chi connectivity index (χ0) is 20.5. The molecule has 0 aliphatic carbocycles. The summed E-state index contributed by atoms with van der Waals surface area (Å²) >= 11 is 0. The molecule has 0 saturated heterocycles. The van der Waals surface area contributed by atoms with E-state index in [-0.39, 0.29) is 10.6 Å². The highest BCUT2D eigenvalue weighted by Crippen LogP contribution is 2.30. The number of primary sulfonamides is 1. The molecule has 1 heterocycles. The third-order valence-corrected chi connectivity index (χ3v) is 4.82. The normalized spacial score (nSPS) is 17.4. The van der Waals surface area contributed by atoms with Crippen molar-refractivity contribution >= 4 is 21.3 Å². The number of aliphatic hydroxyl groups is 1. The van der Waals surface area contributed by atoms with E-state index in [0.717, 1.165) is 12.1 Å². The van der Waals surface area contributed by atoms with Crippen LogP contribution in [-0.2, 0) is 10.0 Å². The fourth-order valence-corrected chi connectivity index (χ4v) is 3.12. The molecule has 0 radical (unpaired) electrons. The molecule has 3 rings (SSSR count). The second-order valence-corrected chi connectivity index (χ2v) is 7.44. The third kappa shape index (κ3) is 4.71. The summed E-state index contributed by atoms with van der Waals surface area (Å²) in [4.78, 5) is 1.41. The zero-order valence-electron chi connectivity index (χ0n) is 14.2. The first kappa shape index (κ1) is 19.9. The Labute approximate surface area is 159 Å². The first-order valence-electron chi connectivity index (χ1n) is 7.88. The van der Waals surface area contributed by atoms with Gasteiger partial charge in [0.05, 0.1) is 4.90 Å². The fraction of sp³-hybridized carbons (Fsp3) is 0.111. The molecule has 3 N–H and O–H groups in total. The molecular weight excluding hydrogens is 397 g/mol. The topological polar surface area (TPSA) is 92.9 Å². The zero-order valence-corrected chi connectivity index (χ0v) is 15.0. The van der Waals surface area contributed by atoms with E-state index in [1.807, 2.05) is 0 Å². The van der Waals surface area contributed by atoms with Crippen molar-refractivity contribution in [1.82, 2.24) is 0 Å². The second-order valence-electron chi connectivity index (χ2n) is 5.88. The van der Waals surface area contributed by atoms with Crippen molar-refractivity contribution in [2.24, 2.45) is 5.14 Å². The number of hydrogen-bond donors (Lipinski definition) is 2. The van der Waals surface area contributed by atoms with E-state index < -0.39 is 22.6 Å². The lowest BCUT2D eigenvalue weighted by Gasteiger charge is -2.28. The minimum absolute atomic E-state index is 0.0335. The van der Waals surface area contributed by atoms with E-state index >= 15 is 0 Å². The standard InChI is InChI=1S/C18H15F3N2O4S/c19-18(20,21)27-15-6-4-14(5-7-15)23-11-13(3-10-17(23)24)12-1-8-16(9-2-12)28(22,25)26/h1-11,17,24H,(H2,22,25,26). The van der Waals surface area contributed by atoms with Crippen molar-refractivity contribution in [2.45, 2.75) is 17.5 Å². The smallest absolute Gasteiger partial charge is 0.406 e. The maximum atomic E-state index is 12.3. The van der Waals surface area contributed by atoms with Crippen LogP contribution in [-0.4, -0.2) is 26.1 Å². The minimum Gasteiger partial charge on any atom is -0.406 e. The molecule has 2 aromatic rings. The quantitative estimate of drug-likeness (QED) is 0.806. The Kier molecular flexibility index (Phi) is 5.20. The van der Waals surface area contributed by atoms with E-state index in [9.17, 15) is 26.7 Å². The molecule has 0 amide bonds. The van der Waals surface area contributed by atoms with Gasteiger partial charge < -0.3 is 14.7 Å². The molecule has 1 aliphatic rings. The van der Waals surface area contributed by atoms with Crippen LogP contribution in [0.4, 0.5) is 18.9 Å². The van der Waals surface area contributed by atoms with Crippen LogP contribution in [0, 0.1) is 0 Å². The average Bonchev–Trinajstić information content (AvgIpc) is 2.61. The number of allylic oxidation sites excluding steroid dienone is 2. The third-order valence-electron chi connectivity index (χ3n) is 3.90. The molecular formula is C18H15F3N2O4S. The average molecular weight is 412 g/mol. The van der Waals surface area contributed by atoms with Gasteiger partial charge in [0.1, 0.15) is 12.0 Å². The molecule has 148 valence electrons. The van der Waals surface area contributed by atoms with E-state index in [0.29, 0.717) is 16.8 Å². The molecule has 1 aliphatic heterocycles. The lowest BCUT2D eigenvalue weighted by molar-refractivity contribution is -0.274. The van der Waals surface area contributed by atoms with Crippen LogP contribution in [0.2, 0.25) is 0 Å². The molecule has 0 aromatic heterocycles. The van der Waals surface area contributed by atoms with Gasteiger partial charge >= 0.3 is 6.36 Å². The van der Waals surface area contributed by atoms with Gasteiger partial charge in [-0.05, 0) is 53.6 Å². The summed E-state index contributed by atoms with van der Waals surface area (Å²) in [5.41, 5.74) is 1.75. The monoisotopic (exact) mass is 412 g/mol. The van der Waals surface area contributed by atoms with Crippen molar-refractivity contribution in [3.63, 3.8) is 0 Å². The van der Waals surface area contributed by atoms with Gasteiger partial charge in [0.25, 0.3) is 0 Å². The highest BCUT2D eigenvalue weighted by Gasteiger charge is 2.31. The summed E-state index contributed by atoms with van der Waals surface area (Å²) < 4.78 is 63.3. The van der Waals surface area contributed by atoms with Crippen molar-refractivity contribution in [1.29, 1.82) is 0 Å². The lowest BCUT2D eigenvalue weighted by atomic mass is 10.0. The summed E-state index contributed by atoms with van der Waals surface area (Å²) in [6.07, 6.45) is -1.08. The van der Waals surface area contributed by atoms with Gasteiger partial charge in [-0.2, -0.15) is 0 Å². The van der Waals surface area contributed by atoms with Crippen molar-refractivity contribution in [2.75, 3.05) is 4.90 Å². The Morgan fingerprint density at radius 2 is 1.64 bits per heavy atom. The number of alkyl halides is 3. The number of hydrogen-bond acceptors (Lipinski definition) is 5. The van der Waals surface area contributed by atoms with Gasteiger partial charge in [-0.15, -0.1) is 13.2 Å².